The number of hydrogen-bond donors (Lipinski definition) is 2. The summed E-state index contributed by atoms with van der Waals surface area (Å²) in [5, 5.41) is 12.4. The zero-order valence-corrected chi connectivity index (χ0v) is 15.1. The Labute approximate surface area is 150 Å². The number of thioether (sulfide) groups is 1. The van der Waals surface area contributed by atoms with Crippen LogP contribution in [-0.2, 0) is 6.42 Å². The van der Waals surface area contributed by atoms with Gasteiger partial charge in [0.1, 0.15) is 11.4 Å². The maximum Gasteiger partial charge on any atom is 0.260 e. The molecule has 3 rings (SSSR count). The molecule has 0 radical (unpaired) electrons. The third-order valence-corrected chi connectivity index (χ3v) is 5.18. The van der Waals surface area contributed by atoms with E-state index in [9.17, 15) is 9.59 Å². The third kappa shape index (κ3) is 4.12. The minimum absolute atomic E-state index is 0.140. The van der Waals surface area contributed by atoms with Crippen LogP contribution in [0.4, 0.5) is 0 Å². The van der Waals surface area contributed by atoms with Gasteiger partial charge in [0.15, 0.2) is 5.16 Å². The lowest BCUT2D eigenvalue weighted by Gasteiger charge is -2.16. The molecule has 2 aromatic rings. The zero-order valence-electron chi connectivity index (χ0n) is 14.3. The van der Waals surface area contributed by atoms with Crippen LogP contribution in [0.3, 0.4) is 0 Å². The topological polar surface area (TPSA) is 92.7 Å². The number of carbonyl (C=O) groups is 1. The smallest absolute Gasteiger partial charge is 0.260 e. The van der Waals surface area contributed by atoms with Crippen LogP contribution in [-0.4, -0.2) is 38.5 Å². The summed E-state index contributed by atoms with van der Waals surface area (Å²) in [5.41, 5.74) is -0.230. The molecule has 7 nitrogen and oxygen atoms in total. The van der Waals surface area contributed by atoms with Crippen molar-refractivity contribution in [1.82, 2.24) is 25.1 Å². The number of aromatic nitrogens is 4. The summed E-state index contributed by atoms with van der Waals surface area (Å²) in [7, 11) is 0. The van der Waals surface area contributed by atoms with Crippen molar-refractivity contribution >= 4 is 17.7 Å². The highest BCUT2D eigenvalue weighted by Gasteiger charge is 2.23. The second-order valence-electron chi connectivity index (χ2n) is 6.18. The molecule has 1 aliphatic rings. The van der Waals surface area contributed by atoms with Gasteiger partial charge >= 0.3 is 0 Å². The van der Waals surface area contributed by atoms with Crippen molar-refractivity contribution in [2.24, 2.45) is 0 Å². The highest BCUT2D eigenvalue weighted by molar-refractivity contribution is 7.98. The standard InChI is InChI=1S/C17H23N5O2S/c1-25-17-21-20-14(22(17)12-6-2-3-7-12)9-5-11-19-16(24)13-8-4-10-18-15(13)23/h4,8,10,12H,2-3,5-7,9,11H2,1H3,(H,18,23)(H,19,24). The van der Waals surface area contributed by atoms with E-state index >= 15 is 0 Å². The van der Waals surface area contributed by atoms with Crippen LogP contribution in [0.5, 0.6) is 0 Å². The summed E-state index contributed by atoms with van der Waals surface area (Å²) in [4.78, 5) is 26.1. The second-order valence-corrected chi connectivity index (χ2v) is 6.96. The van der Waals surface area contributed by atoms with E-state index in [1.165, 1.54) is 37.9 Å². The van der Waals surface area contributed by atoms with Gasteiger partial charge in [0.2, 0.25) is 0 Å². The van der Waals surface area contributed by atoms with Crippen molar-refractivity contribution in [3.63, 3.8) is 0 Å². The number of H-pyrrole nitrogens is 1. The van der Waals surface area contributed by atoms with Crippen molar-refractivity contribution in [1.29, 1.82) is 0 Å². The molecule has 0 atom stereocenters. The zero-order chi connectivity index (χ0) is 17.6. The molecule has 0 bridgehead atoms. The first-order valence-electron chi connectivity index (χ1n) is 8.64. The normalized spacial score (nSPS) is 14.8. The Morgan fingerprint density at radius 2 is 2.20 bits per heavy atom. The van der Waals surface area contributed by atoms with Gasteiger partial charge < -0.3 is 14.9 Å². The largest absolute Gasteiger partial charge is 0.352 e. The van der Waals surface area contributed by atoms with Crippen molar-refractivity contribution in [2.45, 2.75) is 49.7 Å². The number of hydrogen-bond acceptors (Lipinski definition) is 5. The molecule has 2 aromatic heterocycles. The summed E-state index contributed by atoms with van der Waals surface area (Å²) in [6.07, 6.45) is 9.95. The summed E-state index contributed by atoms with van der Waals surface area (Å²) < 4.78 is 2.28. The molecule has 134 valence electrons. The van der Waals surface area contributed by atoms with Crippen LogP contribution < -0.4 is 10.9 Å². The maximum atomic E-state index is 12.0. The van der Waals surface area contributed by atoms with Crippen LogP contribution in [0.1, 0.15) is 54.3 Å². The van der Waals surface area contributed by atoms with E-state index in [4.69, 9.17) is 0 Å². The molecule has 25 heavy (non-hydrogen) atoms. The van der Waals surface area contributed by atoms with Crippen molar-refractivity contribution in [3.8, 4) is 0 Å². The van der Waals surface area contributed by atoms with Gasteiger partial charge in [-0.2, -0.15) is 0 Å². The quantitative estimate of drug-likeness (QED) is 0.582. The molecule has 1 fully saturated rings. The lowest BCUT2D eigenvalue weighted by atomic mass is 10.2. The Kier molecular flexibility index (Phi) is 5.91. The summed E-state index contributed by atoms with van der Waals surface area (Å²) in [5.74, 6) is 0.645. The third-order valence-electron chi connectivity index (χ3n) is 4.53. The lowest BCUT2D eigenvalue weighted by Crippen LogP contribution is -2.30. The van der Waals surface area contributed by atoms with E-state index < -0.39 is 0 Å². The maximum absolute atomic E-state index is 12.0. The van der Waals surface area contributed by atoms with Gasteiger partial charge in [-0.05, 0) is 37.7 Å². The van der Waals surface area contributed by atoms with E-state index in [1.807, 2.05) is 6.26 Å². The molecular formula is C17H23N5O2S. The number of amides is 1. The molecule has 0 unspecified atom stereocenters. The average Bonchev–Trinajstić information content (AvgIpc) is 3.27. The first kappa shape index (κ1) is 17.7. The van der Waals surface area contributed by atoms with Crippen molar-refractivity contribution in [2.75, 3.05) is 12.8 Å². The highest BCUT2D eigenvalue weighted by atomic mass is 32.2. The van der Waals surface area contributed by atoms with E-state index in [0.29, 0.717) is 12.6 Å². The van der Waals surface area contributed by atoms with Crippen LogP contribution in [0, 0.1) is 0 Å². The number of aryl methyl sites for hydroxylation is 1. The van der Waals surface area contributed by atoms with Crippen molar-refractivity contribution < 1.29 is 4.79 Å². The van der Waals surface area contributed by atoms with Gasteiger partial charge in [0.25, 0.3) is 11.5 Å². The molecular weight excluding hydrogens is 338 g/mol. The Morgan fingerprint density at radius 3 is 2.92 bits per heavy atom. The van der Waals surface area contributed by atoms with Gasteiger partial charge in [0.05, 0.1) is 0 Å². The SMILES string of the molecule is CSc1nnc(CCCNC(=O)c2ccc[nH]c2=O)n1C1CCCC1. The Bertz CT molecular complexity index is 779. The number of rotatable bonds is 7. The Hall–Kier alpha value is -2.09. The van der Waals surface area contributed by atoms with Crippen molar-refractivity contribution in [3.05, 3.63) is 40.1 Å². The van der Waals surface area contributed by atoms with E-state index in [1.54, 1.807) is 17.8 Å². The Morgan fingerprint density at radius 1 is 1.40 bits per heavy atom. The molecule has 0 aliphatic heterocycles. The summed E-state index contributed by atoms with van der Waals surface area (Å²) in [6.45, 7) is 0.499. The molecule has 2 heterocycles. The van der Waals surface area contributed by atoms with Gasteiger partial charge in [-0.3, -0.25) is 9.59 Å². The highest BCUT2D eigenvalue weighted by Crippen LogP contribution is 2.33. The number of carbonyl (C=O) groups excluding carboxylic acids is 1. The van der Waals surface area contributed by atoms with Gasteiger partial charge in [-0.25, -0.2) is 0 Å². The molecule has 1 saturated carbocycles. The Balaban J connectivity index is 1.56. The van der Waals surface area contributed by atoms with E-state index in [-0.39, 0.29) is 17.0 Å². The molecule has 0 spiro atoms. The minimum Gasteiger partial charge on any atom is -0.352 e. The first-order chi connectivity index (χ1) is 12.2. The predicted octanol–water partition coefficient (Wildman–Crippen LogP) is 2.17. The monoisotopic (exact) mass is 361 g/mol. The van der Waals surface area contributed by atoms with Gasteiger partial charge in [-0.15, -0.1) is 10.2 Å². The molecule has 1 aliphatic carbocycles. The minimum atomic E-state index is -0.370. The predicted molar refractivity (Wildman–Crippen MR) is 97.0 cm³/mol. The lowest BCUT2D eigenvalue weighted by molar-refractivity contribution is 0.0951. The van der Waals surface area contributed by atoms with E-state index in [0.717, 1.165) is 23.8 Å². The fourth-order valence-electron chi connectivity index (χ4n) is 3.29. The summed E-state index contributed by atoms with van der Waals surface area (Å²) in [6, 6.07) is 3.67. The average molecular weight is 361 g/mol. The summed E-state index contributed by atoms with van der Waals surface area (Å²) >= 11 is 1.63. The second kappa shape index (κ2) is 8.33. The molecule has 1 amide bonds. The van der Waals surface area contributed by atoms with Gasteiger partial charge in [0, 0.05) is 25.2 Å². The number of nitrogens with zero attached hydrogens (tertiary/aromatic N) is 3. The van der Waals surface area contributed by atoms with Crippen LogP contribution in [0.15, 0.2) is 28.3 Å². The fourth-order valence-corrected chi connectivity index (χ4v) is 3.86. The number of aromatic amines is 1. The number of pyridine rings is 1. The fraction of sp³-hybridized carbons (Fsp3) is 0.529. The number of nitrogens with one attached hydrogen (secondary N) is 2. The molecule has 0 aromatic carbocycles. The van der Waals surface area contributed by atoms with E-state index in [2.05, 4.69) is 25.1 Å². The van der Waals surface area contributed by atoms with Gasteiger partial charge in [-0.1, -0.05) is 24.6 Å². The molecule has 0 saturated heterocycles. The van der Waals surface area contributed by atoms with Crippen LogP contribution in [0.25, 0.3) is 0 Å². The van der Waals surface area contributed by atoms with Crippen LogP contribution >= 0.6 is 11.8 Å². The first-order valence-corrected chi connectivity index (χ1v) is 9.87. The molecule has 8 heteroatoms. The van der Waals surface area contributed by atoms with Crippen LogP contribution in [0.2, 0.25) is 0 Å². The molecule has 2 N–H and O–H groups in total.